The van der Waals surface area contributed by atoms with E-state index in [0.29, 0.717) is 26.9 Å². The van der Waals surface area contributed by atoms with Crippen LogP contribution in [0.3, 0.4) is 0 Å². The zero-order valence-corrected chi connectivity index (χ0v) is 16.2. The topological polar surface area (TPSA) is 89.5 Å². The van der Waals surface area contributed by atoms with Crippen molar-refractivity contribution in [2.45, 2.75) is 26.2 Å². The Hall–Kier alpha value is -2.51. The molecule has 0 aliphatic rings. The van der Waals surface area contributed by atoms with E-state index in [1.54, 1.807) is 43.3 Å². The lowest BCUT2D eigenvalue weighted by Gasteiger charge is -2.06. The number of thiophene rings is 1. The molecule has 0 atom stereocenters. The number of esters is 1. The highest BCUT2D eigenvalue weighted by atomic mass is 35.5. The van der Waals surface area contributed by atoms with Crippen LogP contribution in [0.4, 0.5) is 5.69 Å². The molecule has 142 valence electrons. The molecule has 1 aromatic carbocycles. The zero-order chi connectivity index (χ0) is 19.8. The number of halogens is 1. The zero-order valence-electron chi connectivity index (χ0n) is 14.6. The average molecular weight is 408 g/mol. The molecule has 0 fully saturated rings. The molecule has 6 nitrogen and oxygen atoms in total. The molecule has 2 rings (SSSR count). The highest BCUT2D eigenvalue weighted by molar-refractivity contribution is 7.18. The number of carbonyl (C=O) groups is 4. The van der Waals surface area contributed by atoms with Gasteiger partial charge in [0.2, 0.25) is 5.91 Å². The minimum Gasteiger partial charge on any atom is -0.457 e. The minimum absolute atomic E-state index is 0.00428. The molecular weight excluding hydrogens is 390 g/mol. The Morgan fingerprint density at radius 1 is 1.00 bits per heavy atom. The summed E-state index contributed by atoms with van der Waals surface area (Å²) >= 11 is 6.92. The molecule has 0 spiro atoms. The Labute approximate surface area is 165 Å². The molecule has 1 N–H and O–H groups in total. The van der Waals surface area contributed by atoms with E-state index in [-0.39, 0.29) is 30.3 Å². The van der Waals surface area contributed by atoms with Crippen molar-refractivity contribution in [1.82, 2.24) is 0 Å². The van der Waals surface area contributed by atoms with Crippen LogP contribution in [0.1, 0.15) is 46.2 Å². The predicted molar refractivity (Wildman–Crippen MR) is 104 cm³/mol. The molecule has 1 amide bonds. The molecule has 0 radical (unpaired) electrons. The van der Waals surface area contributed by atoms with Crippen LogP contribution in [0.5, 0.6) is 0 Å². The summed E-state index contributed by atoms with van der Waals surface area (Å²) in [6, 6.07) is 9.53. The molecule has 8 heteroatoms. The molecule has 27 heavy (non-hydrogen) atoms. The van der Waals surface area contributed by atoms with Crippen molar-refractivity contribution in [3.05, 3.63) is 51.2 Å². The van der Waals surface area contributed by atoms with Crippen molar-refractivity contribution in [2.24, 2.45) is 0 Å². The largest absolute Gasteiger partial charge is 0.457 e. The highest BCUT2D eigenvalue weighted by Crippen LogP contribution is 2.23. The van der Waals surface area contributed by atoms with Crippen LogP contribution in [0.15, 0.2) is 36.4 Å². The van der Waals surface area contributed by atoms with Gasteiger partial charge in [0.05, 0.1) is 15.6 Å². The number of rotatable bonds is 9. The van der Waals surface area contributed by atoms with Crippen molar-refractivity contribution in [3.8, 4) is 0 Å². The third-order valence-electron chi connectivity index (χ3n) is 3.58. The second-order valence-corrected chi connectivity index (χ2v) is 7.30. The summed E-state index contributed by atoms with van der Waals surface area (Å²) in [6.07, 6.45) is 0.248. The van der Waals surface area contributed by atoms with Gasteiger partial charge in [-0.2, -0.15) is 0 Å². The molecule has 0 unspecified atom stereocenters. The third kappa shape index (κ3) is 6.62. The Balaban J connectivity index is 1.76. The van der Waals surface area contributed by atoms with E-state index in [2.05, 4.69) is 5.32 Å². The van der Waals surface area contributed by atoms with Gasteiger partial charge in [-0.3, -0.25) is 19.2 Å². The first kappa shape index (κ1) is 20.8. The van der Waals surface area contributed by atoms with Gasteiger partial charge in [0, 0.05) is 24.1 Å². The van der Waals surface area contributed by atoms with Crippen LogP contribution in [-0.4, -0.2) is 30.0 Å². The van der Waals surface area contributed by atoms with Crippen LogP contribution < -0.4 is 5.32 Å². The Morgan fingerprint density at radius 2 is 1.70 bits per heavy atom. The smallest absolute Gasteiger partial charge is 0.306 e. The molecule has 0 saturated carbocycles. The van der Waals surface area contributed by atoms with Crippen LogP contribution in [0.2, 0.25) is 4.34 Å². The molecule has 0 aliphatic carbocycles. The van der Waals surface area contributed by atoms with Crippen molar-refractivity contribution in [1.29, 1.82) is 0 Å². The summed E-state index contributed by atoms with van der Waals surface area (Å²) < 4.78 is 5.44. The molecule has 1 heterocycles. The number of ketones is 2. The maximum absolute atomic E-state index is 12.1. The maximum Gasteiger partial charge on any atom is 0.306 e. The van der Waals surface area contributed by atoms with Crippen LogP contribution in [0, 0.1) is 0 Å². The number of ether oxygens (including phenoxy) is 1. The highest BCUT2D eigenvalue weighted by Gasteiger charge is 2.14. The fourth-order valence-electron chi connectivity index (χ4n) is 2.09. The minimum atomic E-state index is -0.619. The second-order valence-electron chi connectivity index (χ2n) is 5.59. The van der Waals surface area contributed by atoms with E-state index in [0.717, 1.165) is 11.3 Å². The van der Waals surface area contributed by atoms with Crippen LogP contribution >= 0.6 is 22.9 Å². The standard InChI is InChI=1S/C19H18ClNO5S/c1-2-18(24)21-13-5-3-12(4-6-13)15(23)11-26-19(25)10-7-14(22)16-8-9-17(20)27-16/h3-6,8-9H,2,7,10-11H2,1H3,(H,21,24). The summed E-state index contributed by atoms with van der Waals surface area (Å²) in [5.41, 5.74) is 0.948. The molecule has 2 aromatic rings. The first-order chi connectivity index (χ1) is 12.9. The van der Waals surface area contributed by atoms with Gasteiger partial charge >= 0.3 is 5.97 Å². The number of hydrogen-bond donors (Lipinski definition) is 1. The quantitative estimate of drug-likeness (QED) is 0.498. The summed E-state index contributed by atoms with van der Waals surface area (Å²) in [5, 5.41) is 2.68. The van der Waals surface area contributed by atoms with Gasteiger partial charge in [-0.15, -0.1) is 11.3 Å². The van der Waals surface area contributed by atoms with E-state index in [1.807, 2.05) is 0 Å². The van der Waals surface area contributed by atoms with E-state index in [1.165, 1.54) is 0 Å². The van der Waals surface area contributed by atoms with E-state index < -0.39 is 12.6 Å². The van der Waals surface area contributed by atoms with Gasteiger partial charge in [-0.1, -0.05) is 18.5 Å². The van der Waals surface area contributed by atoms with E-state index in [4.69, 9.17) is 16.3 Å². The SMILES string of the molecule is CCC(=O)Nc1ccc(C(=O)COC(=O)CCC(=O)c2ccc(Cl)s2)cc1. The first-order valence-electron chi connectivity index (χ1n) is 8.26. The third-order valence-corrected chi connectivity index (χ3v) is 4.85. The lowest BCUT2D eigenvalue weighted by atomic mass is 10.1. The Bertz CT molecular complexity index is 844. The molecule has 0 aliphatic heterocycles. The van der Waals surface area contributed by atoms with Gasteiger partial charge in [0.25, 0.3) is 0 Å². The number of nitrogens with one attached hydrogen (secondary N) is 1. The maximum atomic E-state index is 12.1. The Morgan fingerprint density at radius 3 is 2.30 bits per heavy atom. The molecule has 1 aromatic heterocycles. The van der Waals surface area contributed by atoms with E-state index >= 15 is 0 Å². The number of amides is 1. The van der Waals surface area contributed by atoms with Crippen molar-refractivity contribution < 1.29 is 23.9 Å². The monoisotopic (exact) mass is 407 g/mol. The number of hydrogen-bond acceptors (Lipinski definition) is 6. The lowest BCUT2D eigenvalue weighted by molar-refractivity contribution is -0.142. The molecule has 0 bridgehead atoms. The summed E-state index contributed by atoms with van der Waals surface area (Å²) in [5.74, 6) is -1.30. The van der Waals surface area contributed by atoms with Crippen LogP contribution in [-0.2, 0) is 14.3 Å². The number of anilines is 1. The second kappa shape index (κ2) is 9.99. The lowest BCUT2D eigenvalue weighted by Crippen LogP contribution is -2.15. The van der Waals surface area contributed by atoms with Crippen molar-refractivity contribution in [3.63, 3.8) is 0 Å². The fourth-order valence-corrected chi connectivity index (χ4v) is 3.10. The average Bonchev–Trinajstić information content (AvgIpc) is 3.11. The summed E-state index contributed by atoms with van der Waals surface area (Å²) in [4.78, 5) is 47.5. The van der Waals surface area contributed by atoms with Gasteiger partial charge in [0.1, 0.15) is 0 Å². The van der Waals surface area contributed by atoms with Gasteiger partial charge in [-0.05, 0) is 36.4 Å². The van der Waals surface area contributed by atoms with Crippen molar-refractivity contribution in [2.75, 3.05) is 11.9 Å². The fraction of sp³-hybridized carbons (Fsp3) is 0.263. The summed E-state index contributed by atoms with van der Waals surface area (Å²) in [7, 11) is 0. The van der Waals surface area contributed by atoms with Gasteiger partial charge in [-0.25, -0.2) is 0 Å². The molecule has 0 saturated heterocycles. The predicted octanol–water partition coefficient (Wildman–Crippen LogP) is 4.14. The first-order valence-corrected chi connectivity index (χ1v) is 9.45. The summed E-state index contributed by atoms with van der Waals surface area (Å²) in [6.45, 7) is 1.34. The molecular formula is C19H18ClNO5S. The van der Waals surface area contributed by atoms with Gasteiger partial charge in [0.15, 0.2) is 18.2 Å². The Kier molecular flexibility index (Phi) is 7.69. The number of carbonyl (C=O) groups excluding carboxylic acids is 4. The van der Waals surface area contributed by atoms with E-state index in [9.17, 15) is 19.2 Å². The van der Waals surface area contributed by atoms with Crippen molar-refractivity contribution >= 4 is 52.1 Å². The number of benzene rings is 1. The van der Waals surface area contributed by atoms with Gasteiger partial charge < -0.3 is 10.1 Å². The number of Topliss-reactive ketones (excluding diaryl/α,β-unsaturated/α-hetero) is 2. The van der Waals surface area contributed by atoms with Crippen LogP contribution in [0.25, 0.3) is 0 Å². The normalized spacial score (nSPS) is 10.3.